The van der Waals surface area contributed by atoms with Crippen LogP contribution in [0.4, 0.5) is 21.9 Å². The van der Waals surface area contributed by atoms with Gasteiger partial charge >= 0.3 is 18.0 Å². The van der Waals surface area contributed by atoms with Gasteiger partial charge in [0.2, 0.25) is 0 Å². The van der Waals surface area contributed by atoms with E-state index in [4.69, 9.17) is 4.74 Å². The number of carbonyl (C=O) groups is 7. The van der Waals surface area contributed by atoms with Crippen LogP contribution in [-0.4, -0.2) is 57.5 Å². The maximum absolute atomic E-state index is 12.2. The Morgan fingerprint density at radius 3 is 1.08 bits per heavy atom. The number of benzene rings is 6. The van der Waals surface area contributed by atoms with Gasteiger partial charge in [-0.3, -0.25) is 24.5 Å². The van der Waals surface area contributed by atoms with Crippen molar-refractivity contribution in [2.45, 2.75) is 47.1 Å². The highest BCUT2D eigenvalue weighted by molar-refractivity contribution is 6.31. The number of ether oxygens (including phenoxy) is 1. The average Bonchev–Trinajstić information content (AvgIpc) is 3.79. The molecule has 0 unspecified atom stereocenters. The van der Waals surface area contributed by atoms with Gasteiger partial charge in [-0.25, -0.2) is 24.2 Å². The first kappa shape index (κ1) is 52.4. The summed E-state index contributed by atoms with van der Waals surface area (Å²) >= 11 is 0. The third-order valence-corrected chi connectivity index (χ3v) is 11.0. The minimum Gasteiger partial charge on any atom is -0.478 e. The molecule has 0 aliphatic carbocycles. The zero-order valence-electron chi connectivity index (χ0n) is 41.4. The lowest BCUT2D eigenvalue weighted by Crippen LogP contribution is -2.30. The summed E-state index contributed by atoms with van der Waals surface area (Å²) in [4.78, 5) is 86.7. The standard InChI is InChI=1S/C33H20N2O6.C29H25NO4/c1-20-18-28(36)34(31(20)38)26-14-8-22(9-15-26)6-12-24-4-3-5-25(30(24)33(40)41)13-7-23-10-16-27(17-11-23)35-29(37)19-21(2)32(35)39;1-20-8-10-21(11-9-20)12-16-23-6-5-7-24(26(23)27(31)32)17-13-22-14-18-25(19-15-22)30-28(33)34-29(2,3)4/h3-5,8-11,14-19H,1-2H3,(H,40,41);5-11,14-15,18-19H,1-4H3,(H,30,33)(H,31,32). The van der Waals surface area contributed by atoms with E-state index in [1.807, 2.05) is 31.2 Å². The Hall–Kier alpha value is -10.5. The summed E-state index contributed by atoms with van der Waals surface area (Å²) in [5, 5.41) is 22.4. The number of nitrogens with one attached hydrogen (secondary N) is 1. The second kappa shape index (κ2) is 22.7. The molecule has 368 valence electrons. The molecule has 0 aromatic heterocycles. The normalized spacial score (nSPS) is 12.5. The molecule has 0 atom stereocenters. The van der Waals surface area contributed by atoms with Gasteiger partial charge in [-0.2, -0.15) is 0 Å². The molecule has 0 radical (unpaired) electrons. The van der Waals surface area contributed by atoms with Gasteiger partial charge in [0.1, 0.15) is 5.60 Å². The van der Waals surface area contributed by atoms with Gasteiger partial charge in [0, 0.05) is 73.5 Å². The molecular weight excluding hydrogens is 947 g/mol. The van der Waals surface area contributed by atoms with Gasteiger partial charge in [0.15, 0.2) is 0 Å². The first-order chi connectivity index (χ1) is 35.7. The Morgan fingerprint density at radius 2 is 0.787 bits per heavy atom. The molecule has 13 heteroatoms. The highest BCUT2D eigenvalue weighted by Crippen LogP contribution is 2.25. The van der Waals surface area contributed by atoms with Crippen LogP contribution in [0.25, 0.3) is 0 Å². The molecule has 13 nitrogen and oxygen atoms in total. The van der Waals surface area contributed by atoms with Gasteiger partial charge in [0.25, 0.3) is 23.6 Å². The van der Waals surface area contributed by atoms with Crippen molar-refractivity contribution in [3.05, 3.63) is 218 Å². The molecule has 75 heavy (non-hydrogen) atoms. The number of aryl methyl sites for hydroxylation is 1. The fourth-order valence-electron chi connectivity index (χ4n) is 7.29. The molecule has 6 aromatic rings. The van der Waals surface area contributed by atoms with Crippen molar-refractivity contribution in [3.63, 3.8) is 0 Å². The third kappa shape index (κ3) is 13.3. The minimum atomic E-state index is -1.19. The van der Waals surface area contributed by atoms with Crippen molar-refractivity contribution < 1.29 is 48.5 Å². The first-order valence-electron chi connectivity index (χ1n) is 23.1. The van der Waals surface area contributed by atoms with Crippen LogP contribution in [0.2, 0.25) is 0 Å². The largest absolute Gasteiger partial charge is 0.478 e. The number of amides is 5. The van der Waals surface area contributed by atoms with E-state index in [0.717, 1.165) is 20.9 Å². The molecule has 3 N–H and O–H groups in total. The molecule has 0 saturated heterocycles. The van der Waals surface area contributed by atoms with Crippen molar-refractivity contribution >= 4 is 58.7 Å². The van der Waals surface area contributed by atoms with E-state index >= 15 is 0 Å². The number of hydrogen-bond donors (Lipinski definition) is 3. The molecule has 8 rings (SSSR count). The molecule has 2 heterocycles. The SMILES string of the molecule is CC1=CC(=O)N(c2ccc(C#Cc3cccc(C#Cc4ccc(N5C(=O)C=C(C)C5=O)cc4)c3C(=O)O)cc2)C1=O.Cc1ccc(C#Cc2cccc(C#Cc3ccc(NC(=O)OC(C)(C)C)cc3)c2C(=O)O)cc1. The lowest BCUT2D eigenvalue weighted by molar-refractivity contribution is -0.121. The lowest BCUT2D eigenvalue weighted by atomic mass is 10.0. The molecule has 2 aliphatic heterocycles. The summed E-state index contributed by atoms with van der Waals surface area (Å²) in [5.41, 5.74) is 6.59. The second-order valence-electron chi connectivity index (χ2n) is 17.8. The van der Waals surface area contributed by atoms with Gasteiger partial charge in [-0.15, -0.1) is 0 Å². The highest BCUT2D eigenvalue weighted by atomic mass is 16.6. The summed E-state index contributed by atoms with van der Waals surface area (Å²) in [6.07, 6.45) is 2.03. The molecule has 6 aromatic carbocycles. The van der Waals surface area contributed by atoms with Crippen molar-refractivity contribution in [1.29, 1.82) is 0 Å². The quantitative estimate of drug-likeness (QED) is 0.111. The van der Waals surface area contributed by atoms with Gasteiger partial charge in [-0.1, -0.05) is 77.2 Å². The summed E-state index contributed by atoms with van der Waals surface area (Å²) in [6, 6.07) is 37.5. The number of carbonyl (C=O) groups excluding carboxylic acids is 5. The van der Waals surface area contributed by atoms with Crippen molar-refractivity contribution in [2.75, 3.05) is 15.1 Å². The zero-order chi connectivity index (χ0) is 54.0. The smallest absolute Gasteiger partial charge is 0.412 e. The monoisotopic (exact) mass is 991 g/mol. The van der Waals surface area contributed by atoms with Crippen LogP contribution in [0.3, 0.4) is 0 Å². The molecule has 0 bridgehead atoms. The molecular formula is C62H45N3O10. The summed E-state index contributed by atoms with van der Waals surface area (Å²) < 4.78 is 5.23. The van der Waals surface area contributed by atoms with E-state index in [1.165, 1.54) is 12.2 Å². The number of aromatic carboxylic acids is 2. The molecule has 0 fully saturated rings. The molecule has 2 aliphatic rings. The first-order valence-corrected chi connectivity index (χ1v) is 23.1. The van der Waals surface area contributed by atoms with E-state index in [9.17, 15) is 43.8 Å². The van der Waals surface area contributed by atoms with Crippen molar-refractivity contribution in [3.8, 4) is 47.4 Å². The van der Waals surface area contributed by atoms with E-state index < -0.39 is 35.4 Å². The van der Waals surface area contributed by atoms with Gasteiger partial charge in [-0.05, 0) is 151 Å². The van der Waals surface area contributed by atoms with E-state index in [0.29, 0.717) is 56.0 Å². The molecule has 0 spiro atoms. The molecule has 5 amide bonds. The predicted octanol–water partition coefficient (Wildman–Crippen LogP) is 9.66. The van der Waals surface area contributed by atoms with E-state index in [1.54, 1.807) is 144 Å². The van der Waals surface area contributed by atoms with Crippen LogP contribution in [-0.2, 0) is 23.9 Å². The Morgan fingerprint density at radius 1 is 0.467 bits per heavy atom. The van der Waals surface area contributed by atoms with Crippen molar-refractivity contribution in [2.24, 2.45) is 0 Å². The van der Waals surface area contributed by atoms with Crippen molar-refractivity contribution in [1.82, 2.24) is 0 Å². The third-order valence-electron chi connectivity index (χ3n) is 11.0. The number of anilines is 3. The fraction of sp³-hybridized carbons (Fsp3) is 0.113. The maximum Gasteiger partial charge on any atom is 0.412 e. The number of hydrogen-bond acceptors (Lipinski definition) is 8. The van der Waals surface area contributed by atoms with Crippen LogP contribution >= 0.6 is 0 Å². The van der Waals surface area contributed by atoms with Gasteiger partial charge < -0.3 is 14.9 Å². The van der Waals surface area contributed by atoms with Crippen LogP contribution < -0.4 is 15.1 Å². The summed E-state index contributed by atoms with van der Waals surface area (Å²) in [5.74, 6) is 19.7. The van der Waals surface area contributed by atoms with Gasteiger partial charge in [0.05, 0.1) is 22.5 Å². The number of imide groups is 2. The number of rotatable bonds is 5. The van der Waals surface area contributed by atoms with Crippen LogP contribution in [0.15, 0.2) is 157 Å². The summed E-state index contributed by atoms with van der Waals surface area (Å²) in [6.45, 7) is 10.5. The average molecular weight is 992 g/mol. The minimum absolute atomic E-state index is 0.0506. The van der Waals surface area contributed by atoms with Crippen LogP contribution in [0, 0.1) is 54.3 Å². The predicted molar refractivity (Wildman–Crippen MR) is 284 cm³/mol. The lowest BCUT2D eigenvalue weighted by Gasteiger charge is -2.19. The Kier molecular flexibility index (Phi) is 15.9. The van der Waals surface area contributed by atoms with E-state index in [2.05, 4.69) is 52.7 Å². The number of carboxylic acids is 2. The molecule has 0 saturated carbocycles. The highest BCUT2D eigenvalue weighted by Gasteiger charge is 2.30. The number of carboxylic acid groups (broad SMARTS) is 2. The van der Waals surface area contributed by atoms with E-state index in [-0.39, 0.29) is 34.1 Å². The zero-order valence-corrected chi connectivity index (χ0v) is 41.4. The van der Waals surface area contributed by atoms with Crippen LogP contribution in [0.5, 0.6) is 0 Å². The summed E-state index contributed by atoms with van der Waals surface area (Å²) in [7, 11) is 0. The Balaban J connectivity index is 0.000000223. The van der Waals surface area contributed by atoms with Crippen LogP contribution in [0.1, 0.15) is 105 Å². The fourth-order valence-corrected chi connectivity index (χ4v) is 7.29. The maximum atomic E-state index is 12.2. The second-order valence-corrected chi connectivity index (χ2v) is 17.8. The topological polar surface area (TPSA) is 188 Å². The Labute approximate surface area is 433 Å². The number of nitrogens with zero attached hydrogens (tertiary/aromatic N) is 2. The Bertz CT molecular complexity index is 3540.